The minimum atomic E-state index is 0.172. The Morgan fingerprint density at radius 1 is 1.56 bits per heavy atom. The standard InChI is InChI=1S/C12H14N2O2/c1-15-9-4-5-14-8-10(13-12(14)7-9)11-3-2-6-16-11/h4-5,7-8,11H,2-3,6H2,1H3. The smallest absolute Gasteiger partial charge is 0.140 e. The van der Waals surface area contributed by atoms with Crippen molar-refractivity contribution in [3.8, 4) is 5.75 Å². The first kappa shape index (κ1) is 9.66. The van der Waals surface area contributed by atoms with E-state index in [0.29, 0.717) is 0 Å². The van der Waals surface area contributed by atoms with E-state index in [2.05, 4.69) is 4.98 Å². The average molecular weight is 218 g/mol. The van der Waals surface area contributed by atoms with Crippen LogP contribution >= 0.6 is 0 Å². The van der Waals surface area contributed by atoms with Crippen LogP contribution in [0.5, 0.6) is 5.75 Å². The second-order valence-electron chi connectivity index (χ2n) is 4.00. The van der Waals surface area contributed by atoms with Gasteiger partial charge in [0.25, 0.3) is 0 Å². The second-order valence-corrected chi connectivity index (χ2v) is 4.00. The van der Waals surface area contributed by atoms with Gasteiger partial charge in [-0.2, -0.15) is 0 Å². The molecule has 2 aromatic heterocycles. The molecule has 84 valence electrons. The first-order valence-electron chi connectivity index (χ1n) is 5.51. The number of nitrogens with zero attached hydrogens (tertiary/aromatic N) is 2. The number of ether oxygens (including phenoxy) is 2. The first-order valence-corrected chi connectivity index (χ1v) is 5.51. The number of aromatic nitrogens is 2. The van der Waals surface area contributed by atoms with Gasteiger partial charge < -0.3 is 13.9 Å². The Morgan fingerprint density at radius 2 is 2.50 bits per heavy atom. The van der Waals surface area contributed by atoms with E-state index in [1.54, 1.807) is 7.11 Å². The van der Waals surface area contributed by atoms with Crippen LogP contribution in [-0.4, -0.2) is 23.1 Å². The number of fused-ring (bicyclic) bond motifs is 1. The third-order valence-electron chi connectivity index (χ3n) is 2.95. The van der Waals surface area contributed by atoms with Crippen molar-refractivity contribution in [2.24, 2.45) is 0 Å². The Labute approximate surface area is 93.8 Å². The van der Waals surface area contributed by atoms with Crippen LogP contribution in [0.3, 0.4) is 0 Å². The van der Waals surface area contributed by atoms with Gasteiger partial charge in [-0.1, -0.05) is 0 Å². The molecule has 1 saturated heterocycles. The fourth-order valence-electron chi connectivity index (χ4n) is 2.08. The maximum absolute atomic E-state index is 5.62. The summed E-state index contributed by atoms with van der Waals surface area (Å²) >= 11 is 0. The lowest BCUT2D eigenvalue weighted by molar-refractivity contribution is 0.109. The van der Waals surface area contributed by atoms with Gasteiger partial charge in [0.15, 0.2) is 0 Å². The lowest BCUT2D eigenvalue weighted by Crippen LogP contribution is -1.94. The quantitative estimate of drug-likeness (QED) is 0.775. The topological polar surface area (TPSA) is 35.8 Å². The minimum absolute atomic E-state index is 0.172. The molecular weight excluding hydrogens is 204 g/mol. The highest BCUT2D eigenvalue weighted by Crippen LogP contribution is 2.28. The van der Waals surface area contributed by atoms with E-state index < -0.39 is 0 Å². The largest absolute Gasteiger partial charge is 0.497 e. The van der Waals surface area contributed by atoms with Gasteiger partial charge in [0.2, 0.25) is 0 Å². The van der Waals surface area contributed by atoms with E-state index >= 15 is 0 Å². The van der Waals surface area contributed by atoms with Crippen LogP contribution in [0.25, 0.3) is 5.65 Å². The van der Waals surface area contributed by atoms with Crippen LogP contribution in [0, 0.1) is 0 Å². The van der Waals surface area contributed by atoms with Gasteiger partial charge in [-0.3, -0.25) is 0 Å². The summed E-state index contributed by atoms with van der Waals surface area (Å²) in [6, 6.07) is 3.85. The van der Waals surface area contributed by atoms with Gasteiger partial charge in [-0.15, -0.1) is 0 Å². The molecule has 1 fully saturated rings. The number of imidazole rings is 1. The maximum Gasteiger partial charge on any atom is 0.140 e. The monoisotopic (exact) mass is 218 g/mol. The van der Waals surface area contributed by atoms with Crippen molar-refractivity contribution < 1.29 is 9.47 Å². The molecule has 0 saturated carbocycles. The SMILES string of the molecule is COc1ccn2cc(C3CCCO3)nc2c1. The maximum atomic E-state index is 5.62. The normalized spacial score (nSPS) is 20.4. The predicted octanol–water partition coefficient (Wildman–Crippen LogP) is 2.19. The summed E-state index contributed by atoms with van der Waals surface area (Å²) in [6.45, 7) is 0.849. The van der Waals surface area contributed by atoms with Crippen LogP contribution in [0.15, 0.2) is 24.5 Å². The Morgan fingerprint density at radius 3 is 3.25 bits per heavy atom. The van der Waals surface area contributed by atoms with Gasteiger partial charge in [0, 0.05) is 25.1 Å². The molecule has 0 aromatic carbocycles. The zero-order valence-electron chi connectivity index (χ0n) is 9.22. The highest BCUT2D eigenvalue weighted by atomic mass is 16.5. The predicted molar refractivity (Wildman–Crippen MR) is 59.7 cm³/mol. The fourth-order valence-corrected chi connectivity index (χ4v) is 2.08. The third kappa shape index (κ3) is 1.55. The van der Waals surface area contributed by atoms with Crippen molar-refractivity contribution in [3.05, 3.63) is 30.2 Å². The van der Waals surface area contributed by atoms with Crippen molar-refractivity contribution >= 4 is 5.65 Å². The summed E-state index contributed by atoms with van der Waals surface area (Å²) in [5.74, 6) is 0.831. The van der Waals surface area contributed by atoms with Crippen LogP contribution in [0.4, 0.5) is 0 Å². The van der Waals surface area contributed by atoms with Crippen molar-refractivity contribution in [3.63, 3.8) is 0 Å². The molecule has 1 aliphatic heterocycles. The summed E-state index contributed by atoms with van der Waals surface area (Å²) in [7, 11) is 1.66. The van der Waals surface area contributed by atoms with Crippen LogP contribution in [0.2, 0.25) is 0 Å². The zero-order valence-corrected chi connectivity index (χ0v) is 9.22. The lowest BCUT2D eigenvalue weighted by atomic mass is 10.2. The molecule has 0 spiro atoms. The molecule has 0 amide bonds. The molecule has 3 heterocycles. The molecule has 1 unspecified atom stereocenters. The van der Waals surface area contributed by atoms with Gasteiger partial charge in [-0.05, 0) is 18.9 Å². The van der Waals surface area contributed by atoms with Crippen molar-refractivity contribution in [2.45, 2.75) is 18.9 Å². The van der Waals surface area contributed by atoms with Crippen molar-refractivity contribution in [2.75, 3.05) is 13.7 Å². The Bertz CT molecular complexity index is 501. The number of hydrogen-bond acceptors (Lipinski definition) is 3. The molecule has 0 N–H and O–H groups in total. The number of pyridine rings is 1. The summed E-state index contributed by atoms with van der Waals surface area (Å²) in [6.07, 6.45) is 6.36. The minimum Gasteiger partial charge on any atom is -0.497 e. The van der Waals surface area contributed by atoms with E-state index in [1.165, 1.54) is 0 Å². The molecule has 16 heavy (non-hydrogen) atoms. The fraction of sp³-hybridized carbons (Fsp3) is 0.417. The molecule has 4 heteroatoms. The van der Waals surface area contributed by atoms with Crippen molar-refractivity contribution in [1.29, 1.82) is 0 Å². The van der Waals surface area contributed by atoms with Crippen LogP contribution in [-0.2, 0) is 4.74 Å². The van der Waals surface area contributed by atoms with E-state index in [0.717, 1.165) is 36.5 Å². The van der Waals surface area contributed by atoms with Crippen LogP contribution in [0.1, 0.15) is 24.6 Å². The Balaban J connectivity index is 2.01. The molecular formula is C12H14N2O2. The molecule has 2 aromatic rings. The molecule has 1 atom stereocenters. The Hall–Kier alpha value is -1.55. The van der Waals surface area contributed by atoms with E-state index in [4.69, 9.17) is 9.47 Å². The molecule has 4 nitrogen and oxygen atoms in total. The highest BCUT2D eigenvalue weighted by Gasteiger charge is 2.20. The summed E-state index contributed by atoms with van der Waals surface area (Å²) < 4.78 is 12.8. The van der Waals surface area contributed by atoms with Gasteiger partial charge in [0.1, 0.15) is 17.5 Å². The van der Waals surface area contributed by atoms with Crippen LogP contribution < -0.4 is 4.74 Å². The summed E-state index contributed by atoms with van der Waals surface area (Å²) in [5, 5.41) is 0. The van der Waals surface area contributed by atoms with Gasteiger partial charge >= 0.3 is 0 Å². The first-order chi connectivity index (χ1) is 7.86. The third-order valence-corrected chi connectivity index (χ3v) is 2.95. The lowest BCUT2D eigenvalue weighted by Gasteiger charge is -2.03. The number of rotatable bonds is 2. The molecule has 3 rings (SSSR count). The number of methoxy groups -OCH3 is 1. The Kier molecular flexibility index (Phi) is 2.29. The second kappa shape index (κ2) is 3.79. The molecule has 0 bridgehead atoms. The zero-order chi connectivity index (χ0) is 11.0. The van der Waals surface area contributed by atoms with E-state index in [-0.39, 0.29) is 6.10 Å². The summed E-state index contributed by atoms with van der Waals surface area (Å²) in [4.78, 5) is 4.56. The molecule has 0 radical (unpaired) electrons. The molecule has 1 aliphatic rings. The van der Waals surface area contributed by atoms with Gasteiger partial charge in [-0.25, -0.2) is 4.98 Å². The number of hydrogen-bond donors (Lipinski definition) is 0. The highest BCUT2D eigenvalue weighted by molar-refractivity contribution is 5.45. The van der Waals surface area contributed by atoms with E-state index in [9.17, 15) is 0 Å². The molecule has 0 aliphatic carbocycles. The van der Waals surface area contributed by atoms with E-state index in [1.807, 2.05) is 28.9 Å². The van der Waals surface area contributed by atoms with Crippen molar-refractivity contribution in [1.82, 2.24) is 9.38 Å². The average Bonchev–Trinajstić information content (AvgIpc) is 2.96. The summed E-state index contributed by atoms with van der Waals surface area (Å²) in [5.41, 5.74) is 1.93. The van der Waals surface area contributed by atoms with Gasteiger partial charge in [0.05, 0.1) is 12.8 Å².